The number of aromatic nitrogens is 3. The summed E-state index contributed by atoms with van der Waals surface area (Å²) in [6.07, 6.45) is 5.28. The molecule has 18 heavy (non-hydrogen) atoms. The second kappa shape index (κ2) is 4.26. The van der Waals surface area contributed by atoms with Crippen molar-refractivity contribution in [3.05, 3.63) is 49.1 Å². The first-order chi connectivity index (χ1) is 8.77. The molecule has 2 heterocycles. The third-order valence-electron chi connectivity index (χ3n) is 3.12. The summed E-state index contributed by atoms with van der Waals surface area (Å²) in [4.78, 5) is 8.21. The maximum absolute atomic E-state index is 4.11. The third kappa shape index (κ3) is 1.68. The Labute approximate surface area is 106 Å². The lowest BCUT2D eigenvalue weighted by atomic mass is 10.2. The molecule has 0 aliphatic heterocycles. The Bertz CT molecular complexity index is 669. The topological polar surface area (TPSA) is 30.7 Å². The Balaban J connectivity index is 2.32. The predicted molar refractivity (Wildman–Crippen MR) is 73.3 cm³/mol. The Hall–Kier alpha value is -2.16. The van der Waals surface area contributed by atoms with Gasteiger partial charge in [0.1, 0.15) is 6.33 Å². The van der Waals surface area contributed by atoms with Gasteiger partial charge in [-0.25, -0.2) is 9.97 Å². The molecule has 0 spiro atoms. The van der Waals surface area contributed by atoms with Crippen LogP contribution in [0, 0.1) is 0 Å². The molecule has 3 nitrogen and oxygen atoms in total. The summed E-state index contributed by atoms with van der Waals surface area (Å²) in [5.74, 6) is 0. The maximum Gasteiger partial charge on any atom is 0.115 e. The van der Waals surface area contributed by atoms with E-state index in [1.165, 1.54) is 16.6 Å². The number of benzene rings is 1. The largest absolute Gasteiger partial charge is 0.338 e. The molecule has 0 saturated carbocycles. The zero-order valence-electron chi connectivity index (χ0n) is 10.5. The second-order valence-corrected chi connectivity index (χ2v) is 4.68. The first-order valence-corrected chi connectivity index (χ1v) is 6.12. The van der Waals surface area contributed by atoms with Crippen LogP contribution in [0.2, 0.25) is 0 Å². The molecule has 3 rings (SSSR count). The molecule has 0 unspecified atom stereocenters. The van der Waals surface area contributed by atoms with E-state index in [0.717, 1.165) is 5.56 Å². The van der Waals surface area contributed by atoms with E-state index in [-0.39, 0.29) is 0 Å². The van der Waals surface area contributed by atoms with Gasteiger partial charge in [0.05, 0.1) is 5.69 Å². The number of para-hydroxylation sites is 1. The van der Waals surface area contributed by atoms with Gasteiger partial charge in [0.2, 0.25) is 0 Å². The van der Waals surface area contributed by atoms with Crippen LogP contribution in [0.4, 0.5) is 0 Å². The van der Waals surface area contributed by atoms with Gasteiger partial charge < -0.3 is 4.57 Å². The Kier molecular flexibility index (Phi) is 2.59. The normalized spacial score (nSPS) is 11.3. The molecular weight excluding hydrogens is 222 g/mol. The highest BCUT2D eigenvalue weighted by Crippen LogP contribution is 2.30. The molecule has 3 heteroatoms. The minimum atomic E-state index is 0.403. The van der Waals surface area contributed by atoms with Crippen LogP contribution < -0.4 is 0 Å². The molecule has 0 bridgehead atoms. The van der Waals surface area contributed by atoms with E-state index < -0.39 is 0 Å². The standard InChI is InChI=1S/C15H15N3/c1-11(2)18-14-6-4-3-5-12(14)7-15(18)13-8-16-10-17-9-13/h3-11H,1-2H3. The predicted octanol–water partition coefficient (Wildman–Crippen LogP) is 3.68. The van der Waals surface area contributed by atoms with Gasteiger partial charge in [-0.3, -0.25) is 0 Å². The number of nitrogens with zero attached hydrogens (tertiary/aromatic N) is 3. The molecule has 0 radical (unpaired) electrons. The first-order valence-electron chi connectivity index (χ1n) is 6.12. The van der Waals surface area contributed by atoms with Crippen LogP contribution in [0.3, 0.4) is 0 Å². The molecule has 1 aromatic carbocycles. The SMILES string of the molecule is CC(C)n1c(-c2cncnc2)cc2ccccc21. The average molecular weight is 237 g/mol. The Morgan fingerprint density at radius 2 is 1.78 bits per heavy atom. The van der Waals surface area contributed by atoms with Crippen LogP contribution in [0.15, 0.2) is 49.1 Å². The van der Waals surface area contributed by atoms with Crippen molar-refractivity contribution in [1.82, 2.24) is 14.5 Å². The minimum Gasteiger partial charge on any atom is -0.338 e. The molecular formula is C15H15N3. The number of fused-ring (bicyclic) bond motifs is 1. The minimum absolute atomic E-state index is 0.403. The van der Waals surface area contributed by atoms with E-state index in [0.29, 0.717) is 6.04 Å². The fourth-order valence-electron chi connectivity index (χ4n) is 2.39. The lowest BCUT2D eigenvalue weighted by molar-refractivity contribution is 0.628. The van der Waals surface area contributed by atoms with Gasteiger partial charge >= 0.3 is 0 Å². The third-order valence-corrected chi connectivity index (χ3v) is 3.12. The summed E-state index contributed by atoms with van der Waals surface area (Å²) in [6, 6.07) is 11.0. The number of rotatable bonds is 2. The van der Waals surface area contributed by atoms with Crippen molar-refractivity contribution in [2.45, 2.75) is 19.9 Å². The Morgan fingerprint density at radius 1 is 1.06 bits per heavy atom. The molecule has 0 aliphatic rings. The van der Waals surface area contributed by atoms with Crippen LogP contribution in [0.5, 0.6) is 0 Å². The van der Waals surface area contributed by atoms with Crippen LogP contribution in [-0.2, 0) is 0 Å². The smallest absolute Gasteiger partial charge is 0.115 e. The zero-order chi connectivity index (χ0) is 12.5. The van der Waals surface area contributed by atoms with Gasteiger partial charge in [-0.1, -0.05) is 18.2 Å². The quantitative estimate of drug-likeness (QED) is 0.680. The summed E-state index contributed by atoms with van der Waals surface area (Å²) in [7, 11) is 0. The zero-order valence-corrected chi connectivity index (χ0v) is 10.5. The molecule has 0 atom stereocenters. The van der Waals surface area contributed by atoms with Crippen LogP contribution in [-0.4, -0.2) is 14.5 Å². The molecule has 2 aromatic heterocycles. The summed E-state index contributed by atoms with van der Waals surface area (Å²) in [5.41, 5.74) is 3.49. The fourth-order valence-corrected chi connectivity index (χ4v) is 2.39. The van der Waals surface area contributed by atoms with E-state index in [9.17, 15) is 0 Å². The van der Waals surface area contributed by atoms with Crippen molar-refractivity contribution in [3.63, 3.8) is 0 Å². The first kappa shape index (κ1) is 11.0. The van der Waals surface area contributed by atoms with E-state index in [1.54, 1.807) is 6.33 Å². The maximum atomic E-state index is 4.11. The molecule has 0 saturated heterocycles. The van der Waals surface area contributed by atoms with E-state index in [4.69, 9.17) is 0 Å². The molecule has 0 aliphatic carbocycles. The molecule has 0 amide bonds. The van der Waals surface area contributed by atoms with Crippen LogP contribution >= 0.6 is 0 Å². The fraction of sp³-hybridized carbons (Fsp3) is 0.200. The van der Waals surface area contributed by atoms with Crippen molar-refractivity contribution in [2.24, 2.45) is 0 Å². The van der Waals surface area contributed by atoms with E-state index in [2.05, 4.69) is 58.7 Å². The van der Waals surface area contributed by atoms with E-state index in [1.807, 2.05) is 12.4 Å². The van der Waals surface area contributed by atoms with Crippen molar-refractivity contribution in [1.29, 1.82) is 0 Å². The van der Waals surface area contributed by atoms with Gasteiger partial charge in [0, 0.05) is 34.9 Å². The summed E-state index contributed by atoms with van der Waals surface area (Å²) in [5, 5.41) is 1.25. The lowest BCUT2D eigenvalue weighted by Gasteiger charge is -2.14. The lowest BCUT2D eigenvalue weighted by Crippen LogP contribution is -2.02. The monoisotopic (exact) mass is 237 g/mol. The second-order valence-electron chi connectivity index (χ2n) is 4.68. The highest BCUT2D eigenvalue weighted by atomic mass is 15.0. The number of hydrogen-bond donors (Lipinski definition) is 0. The van der Waals surface area contributed by atoms with Crippen LogP contribution in [0.25, 0.3) is 22.2 Å². The van der Waals surface area contributed by atoms with Gasteiger partial charge in [-0.05, 0) is 26.0 Å². The Morgan fingerprint density at radius 3 is 2.50 bits per heavy atom. The molecule has 90 valence electrons. The van der Waals surface area contributed by atoms with Gasteiger partial charge in [0.15, 0.2) is 0 Å². The van der Waals surface area contributed by atoms with Crippen LogP contribution in [0.1, 0.15) is 19.9 Å². The van der Waals surface area contributed by atoms with E-state index >= 15 is 0 Å². The van der Waals surface area contributed by atoms with Gasteiger partial charge in [0.25, 0.3) is 0 Å². The highest BCUT2D eigenvalue weighted by Gasteiger charge is 2.12. The summed E-state index contributed by atoms with van der Waals surface area (Å²) in [6.45, 7) is 4.39. The van der Waals surface area contributed by atoms with Gasteiger partial charge in [-0.15, -0.1) is 0 Å². The van der Waals surface area contributed by atoms with Crippen molar-refractivity contribution in [2.75, 3.05) is 0 Å². The summed E-state index contributed by atoms with van der Waals surface area (Å²) < 4.78 is 2.33. The molecule has 3 aromatic rings. The van der Waals surface area contributed by atoms with Crippen molar-refractivity contribution < 1.29 is 0 Å². The summed E-state index contributed by atoms with van der Waals surface area (Å²) >= 11 is 0. The molecule has 0 fully saturated rings. The molecule has 0 N–H and O–H groups in total. The van der Waals surface area contributed by atoms with Crippen molar-refractivity contribution >= 4 is 10.9 Å². The van der Waals surface area contributed by atoms with Gasteiger partial charge in [-0.2, -0.15) is 0 Å². The number of hydrogen-bond acceptors (Lipinski definition) is 2. The highest BCUT2D eigenvalue weighted by molar-refractivity contribution is 5.87. The average Bonchev–Trinajstić information content (AvgIpc) is 2.79. The van der Waals surface area contributed by atoms with Crippen molar-refractivity contribution in [3.8, 4) is 11.3 Å².